The lowest BCUT2D eigenvalue weighted by atomic mass is 10.1. The third-order valence-electron chi connectivity index (χ3n) is 3.67. The van der Waals surface area contributed by atoms with Gasteiger partial charge in [0.25, 0.3) is 0 Å². The van der Waals surface area contributed by atoms with E-state index in [-0.39, 0.29) is 10.8 Å². The summed E-state index contributed by atoms with van der Waals surface area (Å²) in [5.74, 6) is -0.242. The van der Waals surface area contributed by atoms with Crippen LogP contribution in [0.3, 0.4) is 0 Å². The lowest BCUT2D eigenvalue weighted by Gasteiger charge is -2.13. The van der Waals surface area contributed by atoms with Crippen molar-refractivity contribution < 1.29 is 13.2 Å². The molecule has 0 saturated carbocycles. The molecule has 0 unspecified atom stereocenters. The van der Waals surface area contributed by atoms with Gasteiger partial charge in [-0.25, -0.2) is 13.1 Å². The number of benzene rings is 2. The topological polar surface area (TPSA) is 101 Å². The number of sulfonamides is 1. The van der Waals surface area contributed by atoms with E-state index in [1.54, 1.807) is 19.1 Å². The average molecular weight is 361 g/mol. The van der Waals surface area contributed by atoms with Gasteiger partial charge in [-0.3, -0.25) is 4.79 Å². The molecule has 0 saturated heterocycles. The predicted octanol–water partition coefficient (Wildman–Crippen LogP) is 1.17. The number of nitrogens with two attached hydrogens (primary N) is 1. The van der Waals surface area contributed by atoms with Gasteiger partial charge >= 0.3 is 0 Å². The molecule has 4 N–H and O–H groups in total. The predicted molar refractivity (Wildman–Crippen MR) is 97.3 cm³/mol. The summed E-state index contributed by atoms with van der Waals surface area (Å²) in [6.45, 7) is 2.35. The summed E-state index contributed by atoms with van der Waals surface area (Å²) in [5.41, 5.74) is 7.73. The Morgan fingerprint density at radius 3 is 2.28 bits per heavy atom. The fourth-order valence-corrected chi connectivity index (χ4v) is 3.38. The maximum atomic E-state index is 12.1. The monoisotopic (exact) mass is 361 g/mol. The fraction of sp³-hybridized carbons (Fsp3) is 0.278. The van der Waals surface area contributed by atoms with Crippen LogP contribution in [0.5, 0.6) is 0 Å². The summed E-state index contributed by atoms with van der Waals surface area (Å²) in [6, 6.07) is 15.3. The molecule has 0 spiro atoms. The molecule has 0 fully saturated rings. The number of carbonyl (C=O) groups is 1. The highest BCUT2D eigenvalue weighted by atomic mass is 32.2. The number of amides is 1. The van der Waals surface area contributed by atoms with Crippen LogP contribution in [0.15, 0.2) is 59.5 Å². The summed E-state index contributed by atoms with van der Waals surface area (Å²) in [6.07, 6.45) is 0.465. The molecule has 7 heteroatoms. The highest BCUT2D eigenvalue weighted by Crippen LogP contribution is 2.10. The number of nitrogens with one attached hydrogen (secondary N) is 2. The summed E-state index contributed by atoms with van der Waals surface area (Å²) in [7, 11) is -3.46. The molecule has 134 valence electrons. The van der Waals surface area contributed by atoms with E-state index in [0.29, 0.717) is 19.5 Å². The first-order chi connectivity index (χ1) is 11.9. The normalized spacial score (nSPS) is 12.6. The van der Waals surface area contributed by atoms with E-state index in [2.05, 4.69) is 10.0 Å². The Morgan fingerprint density at radius 1 is 1.04 bits per heavy atom. The Balaban J connectivity index is 1.89. The molecule has 0 heterocycles. The zero-order valence-electron chi connectivity index (χ0n) is 14.1. The summed E-state index contributed by atoms with van der Waals surface area (Å²) < 4.78 is 26.2. The van der Waals surface area contributed by atoms with Crippen molar-refractivity contribution in [3.63, 3.8) is 0 Å². The molecule has 2 aromatic carbocycles. The van der Waals surface area contributed by atoms with Crippen LogP contribution in [0, 0.1) is 0 Å². The van der Waals surface area contributed by atoms with Gasteiger partial charge in [0.15, 0.2) is 0 Å². The SMILES string of the molecule is CCNS(=O)(=O)c1ccc(CNC(=O)[C@@H](N)Cc2ccccc2)cc1. The van der Waals surface area contributed by atoms with Crippen LogP contribution in [-0.4, -0.2) is 26.9 Å². The fourth-order valence-electron chi connectivity index (χ4n) is 2.34. The van der Waals surface area contributed by atoms with Crippen molar-refractivity contribution in [3.8, 4) is 0 Å². The van der Waals surface area contributed by atoms with Crippen molar-refractivity contribution in [2.45, 2.75) is 30.8 Å². The van der Waals surface area contributed by atoms with Crippen molar-refractivity contribution >= 4 is 15.9 Å². The molecule has 2 rings (SSSR count). The zero-order valence-corrected chi connectivity index (χ0v) is 14.9. The first-order valence-corrected chi connectivity index (χ1v) is 9.56. The van der Waals surface area contributed by atoms with Crippen molar-refractivity contribution in [1.82, 2.24) is 10.0 Å². The van der Waals surface area contributed by atoms with E-state index < -0.39 is 16.1 Å². The Hall–Kier alpha value is -2.22. The highest BCUT2D eigenvalue weighted by molar-refractivity contribution is 7.89. The molecule has 25 heavy (non-hydrogen) atoms. The van der Waals surface area contributed by atoms with Crippen molar-refractivity contribution in [2.75, 3.05) is 6.54 Å². The number of rotatable bonds is 8. The second-order valence-corrected chi connectivity index (χ2v) is 7.43. The minimum absolute atomic E-state index is 0.199. The minimum atomic E-state index is -3.46. The Kier molecular flexibility index (Phi) is 6.69. The van der Waals surface area contributed by atoms with Crippen LogP contribution in [0.25, 0.3) is 0 Å². The highest BCUT2D eigenvalue weighted by Gasteiger charge is 2.14. The van der Waals surface area contributed by atoms with Crippen LogP contribution in [-0.2, 0) is 27.8 Å². The second-order valence-electron chi connectivity index (χ2n) is 5.66. The van der Waals surface area contributed by atoms with E-state index in [0.717, 1.165) is 11.1 Å². The third kappa shape index (κ3) is 5.67. The third-order valence-corrected chi connectivity index (χ3v) is 5.23. The van der Waals surface area contributed by atoms with Gasteiger partial charge in [-0.1, -0.05) is 49.4 Å². The van der Waals surface area contributed by atoms with E-state index in [9.17, 15) is 13.2 Å². The Labute approximate surface area is 148 Å². The molecule has 1 amide bonds. The maximum Gasteiger partial charge on any atom is 0.240 e. The van der Waals surface area contributed by atoms with E-state index in [4.69, 9.17) is 5.73 Å². The molecule has 0 aliphatic carbocycles. The lowest BCUT2D eigenvalue weighted by molar-refractivity contribution is -0.122. The molecule has 0 radical (unpaired) electrons. The molecule has 6 nitrogen and oxygen atoms in total. The van der Waals surface area contributed by atoms with E-state index in [1.807, 2.05) is 30.3 Å². The van der Waals surface area contributed by atoms with Gasteiger partial charge in [0.05, 0.1) is 10.9 Å². The Morgan fingerprint density at radius 2 is 1.68 bits per heavy atom. The van der Waals surface area contributed by atoms with Crippen LogP contribution in [0.4, 0.5) is 0 Å². The molecule has 0 bridgehead atoms. The molecule has 0 aromatic heterocycles. The molecule has 2 aromatic rings. The second kappa shape index (κ2) is 8.75. The number of carbonyl (C=O) groups excluding carboxylic acids is 1. The largest absolute Gasteiger partial charge is 0.351 e. The number of hydrogen-bond acceptors (Lipinski definition) is 4. The van der Waals surface area contributed by atoms with Gasteiger partial charge in [0.2, 0.25) is 15.9 Å². The molecule has 0 aliphatic rings. The van der Waals surface area contributed by atoms with Crippen LogP contribution < -0.4 is 15.8 Å². The molecule has 1 atom stereocenters. The minimum Gasteiger partial charge on any atom is -0.351 e. The molecular weight excluding hydrogens is 338 g/mol. The summed E-state index contributed by atoms with van der Waals surface area (Å²) in [4.78, 5) is 12.3. The maximum absolute atomic E-state index is 12.1. The van der Waals surface area contributed by atoms with Gasteiger partial charge in [0.1, 0.15) is 0 Å². The van der Waals surface area contributed by atoms with Crippen molar-refractivity contribution in [2.24, 2.45) is 5.73 Å². The van der Waals surface area contributed by atoms with Crippen molar-refractivity contribution in [3.05, 3.63) is 65.7 Å². The van der Waals surface area contributed by atoms with Gasteiger partial charge in [0, 0.05) is 13.1 Å². The van der Waals surface area contributed by atoms with Gasteiger partial charge in [-0.15, -0.1) is 0 Å². The van der Waals surface area contributed by atoms with E-state index in [1.165, 1.54) is 12.1 Å². The zero-order chi connectivity index (χ0) is 18.3. The van der Waals surface area contributed by atoms with Crippen LogP contribution in [0.2, 0.25) is 0 Å². The van der Waals surface area contributed by atoms with Crippen molar-refractivity contribution in [1.29, 1.82) is 0 Å². The Bertz CT molecular complexity index is 790. The lowest BCUT2D eigenvalue weighted by Crippen LogP contribution is -2.41. The van der Waals surface area contributed by atoms with E-state index >= 15 is 0 Å². The van der Waals surface area contributed by atoms with Gasteiger partial charge in [-0.05, 0) is 29.7 Å². The molecular formula is C18H23N3O3S. The first-order valence-electron chi connectivity index (χ1n) is 8.08. The van der Waals surface area contributed by atoms with Crippen LogP contribution >= 0.6 is 0 Å². The smallest absolute Gasteiger partial charge is 0.240 e. The summed E-state index contributed by atoms with van der Waals surface area (Å²) >= 11 is 0. The standard InChI is InChI=1S/C18H23N3O3S/c1-2-21-25(23,24)16-10-8-15(9-11-16)13-20-18(22)17(19)12-14-6-4-3-5-7-14/h3-11,17,21H,2,12-13,19H2,1H3,(H,20,22)/t17-/m0/s1. The summed E-state index contributed by atoms with van der Waals surface area (Å²) in [5, 5.41) is 2.77. The first kappa shape index (κ1) is 19.1. The number of hydrogen-bond donors (Lipinski definition) is 3. The van der Waals surface area contributed by atoms with Gasteiger partial charge < -0.3 is 11.1 Å². The molecule has 0 aliphatic heterocycles. The van der Waals surface area contributed by atoms with Crippen LogP contribution in [0.1, 0.15) is 18.1 Å². The average Bonchev–Trinajstić information content (AvgIpc) is 2.61. The quantitative estimate of drug-likeness (QED) is 0.657. The van der Waals surface area contributed by atoms with Gasteiger partial charge in [-0.2, -0.15) is 0 Å².